The van der Waals surface area contributed by atoms with Crippen LogP contribution in [0.15, 0.2) is 94.9 Å². The molecule has 0 saturated carbocycles. The van der Waals surface area contributed by atoms with E-state index in [1.165, 1.54) is 40.8 Å². The second-order valence-electron chi connectivity index (χ2n) is 9.08. The highest BCUT2D eigenvalue weighted by Crippen LogP contribution is 2.30. The third kappa shape index (κ3) is 6.78. The van der Waals surface area contributed by atoms with E-state index in [4.69, 9.17) is 0 Å². The number of para-hydroxylation sites is 1. The largest absolute Gasteiger partial charge is 0.573 e. The summed E-state index contributed by atoms with van der Waals surface area (Å²) in [6.45, 7) is 5.04. The minimum absolute atomic E-state index is 0.299. The molecule has 7 nitrogen and oxygen atoms in total. The number of benzene rings is 3. The summed E-state index contributed by atoms with van der Waals surface area (Å²) in [7, 11) is 0. The van der Waals surface area contributed by atoms with Gasteiger partial charge in [0.25, 0.3) is 0 Å². The van der Waals surface area contributed by atoms with E-state index < -0.39 is 6.36 Å². The van der Waals surface area contributed by atoms with Gasteiger partial charge in [0.2, 0.25) is 0 Å². The van der Waals surface area contributed by atoms with E-state index in [0.29, 0.717) is 11.5 Å². The molecule has 0 bridgehead atoms. The van der Waals surface area contributed by atoms with Gasteiger partial charge in [0.15, 0.2) is 11.0 Å². The molecule has 2 heterocycles. The number of thioether (sulfide) groups is 1. The van der Waals surface area contributed by atoms with Crippen molar-refractivity contribution >= 4 is 34.9 Å². The zero-order valence-corrected chi connectivity index (χ0v) is 22.5. The second-order valence-corrected chi connectivity index (χ2v) is 10.1. The Labute approximate surface area is 233 Å². The van der Waals surface area contributed by atoms with Crippen molar-refractivity contribution in [1.82, 2.24) is 14.8 Å². The number of alkyl halides is 3. The fraction of sp³-hybridized carbons (Fsp3) is 0.172. The number of amidine groups is 1. The first-order valence-electron chi connectivity index (χ1n) is 12.4. The quantitative estimate of drug-likeness (QED) is 0.176. The van der Waals surface area contributed by atoms with Gasteiger partial charge < -0.3 is 9.64 Å². The normalized spacial score (nSPS) is 14.7. The van der Waals surface area contributed by atoms with Crippen molar-refractivity contribution in [2.45, 2.75) is 20.2 Å². The predicted molar refractivity (Wildman–Crippen MR) is 154 cm³/mol. The van der Waals surface area contributed by atoms with Gasteiger partial charge in [-0.1, -0.05) is 65.9 Å². The molecule has 1 aliphatic heterocycles. The lowest BCUT2D eigenvalue weighted by Gasteiger charge is -2.19. The Bertz CT molecular complexity index is 1560. The highest BCUT2D eigenvalue weighted by molar-refractivity contribution is 8.14. The van der Waals surface area contributed by atoms with Crippen molar-refractivity contribution in [2.24, 2.45) is 10.2 Å². The standard InChI is InChI=1S/C29H25F3N6OS/c1-20(2)17-23-5-3-4-6-26(23)37-15-16-40-28(37)35-34-18-21-7-9-22(10-8-21)27-33-19-38(36-27)24-11-13-25(14-12-24)39-29(30,31)32/h3-14,17-19H,15-16H2,1-2H3/b34-18+,35-28-. The number of ether oxygens (including phenoxy) is 1. The van der Waals surface area contributed by atoms with Crippen molar-refractivity contribution in [3.8, 4) is 22.8 Å². The number of anilines is 1. The lowest BCUT2D eigenvalue weighted by Crippen LogP contribution is -2.24. The van der Waals surface area contributed by atoms with Gasteiger partial charge in [-0.3, -0.25) is 0 Å². The number of hydrogen-bond donors (Lipinski definition) is 0. The molecule has 3 aromatic carbocycles. The molecule has 0 amide bonds. The molecule has 204 valence electrons. The SMILES string of the molecule is CC(C)=Cc1ccccc1N1CCS/C1=N\N=C\c1ccc(-c2ncn(-c3ccc(OC(F)(F)F)cc3)n2)cc1. The van der Waals surface area contributed by atoms with Crippen LogP contribution >= 0.6 is 11.8 Å². The fourth-order valence-electron chi connectivity index (χ4n) is 4.06. The monoisotopic (exact) mass is 562 g/mol. The first-order chi connectivity index (χ1) is 19.2. The first-order valence-corrected chi connectivity index (χ1v) is 13.4. The fourth-order valence-corrected chi connectivity index (χ4v) is 4.96. The summed E-state index contributed by atoms with van der Waals surface area (Å²) in [6.07, 6.45) is 0.634. The second kappa shape index (κ2) is 11.8. The van der Waals surface area contributed by atoms with E-state index in [-0.39, 0.29) is 5.75 Å². The lowest BCUT2D eigenvalue weighted by atomic mass is 10.1. The van der Waals surface area contributed by atoms with Gasteiger partial charge in [0, 0.05) is 17.9 Å². The van der Waals surface area contributed by atoms with Gasteiger partial charge in [-0.25, -0.2) is 9.67 Å². The molecule has 40 heavy (non-hydrogen) atoms. The predicted octanol–water partition coefficient (Wildman–Crippen LogP) is 7.20. The van der Waals surface area contributed by atoms with Crippen LogP contribution in [-0.4, -0.2) is 44.8 Å². The van der Waals surface area contributed by atoms with E-state index >= 15 is 0 Å². The van der Waals surface area contributed by atoms with Crippen molar-refractivity contribution in [3.63, 3.8) is 0 Å². The van der Waals surface area contributed by atoms with Crippen LogP contribution in [0.4, 0.5) is 18.9 Å². The van der Waals surface area contributed by atoms with E-state index in [1.807, 2.05) is 36.4 Å². The van der Waals surface area contributed by atoms with Gasteiger partial charge >= 0.3 is 6.36 Å². The topological polar surface area (TPSA) is 67.9 Å². The molecule has 0 N–H and O–H groups in total. The molecule has 0 atom stereocenters. The van der Waals surface area contributed by atoms with Crippen LogP contribution in [0.1, 0.15) is 25.0 Å². The molecular weight excluding hydrogens is 537 g/mol. The molecule has 1 fully saturated rings. The van der Waals surface area contributed by atoms with Crippen LogP contribution in [-0.2, 0) is 0 Å². The Hall–Kier alpha value is -4.38. The molecule has 5 rings (SSSR count). The van der Waals surface area contributed by atoms with Gasteiger partial charge in [0.05, 0.1) is 17.6 Å². The molecule has 4 aromatic rings. The number of aromatic nitrogens is 3. The summed E-state index contributed by atoms with van der Waals surface area (Å²) in [6, 6.07) is 21.2. The van der Waals surface area contributed by atoms with E-state index in [0.717, 1.165) is 39.8 Å². The Balaban J connectivity index is 1.26. The Morgan fingerprint density at radius 2 is 1.75 bits per heavy atom. The molecule has 1 aromatic heterocycles. The van der Waals surface area contributed by atoms with Crippen LogP contribution in [0.2, 0.25) is 0 Å². The summed E-state index contributed by atoms with van der Waals surface area (Å²) in [4.78, 5) is 6.52. The third-order valence-electron chi connectivity index (χ3n) is 5.79. The molecule has 0 spiro atoms. The molecule has 0 radical (unpaired) electrons. The van der Waals surface area contributed by atoms with Gasteiger partial charge in [-0.05, 0) is 55.3 Å². The zero-order valence-electron chi connectivity index (χ0n) is 21.7. The Morgan fingerprint density at radius 1 is 1.00 bits per heavy atom. The molecule has 0 aliphatic carbocycles. The number of nitrogens with zero attached hydrogens (tertiary/aromatic N) is 6. The summed E-state index contributed by atoms with van der Waals surface area (Å²) < 4.78 is 42.5. The smallest absolute Gasteiger partial charge is 0.406 e. The van der Waals surface area contributed by atoms with Crippen LogP contribution in [0.5, 0.6) is 5.75 Å². The summed E-state index contributed by atoms with van der Waals surface area (Å²) in [5.41, 5.74) is 5.71. The Morgan fingerprint density at radius 3 is 2.48 bits per heavy atom. The van der Waals surface area contributed by atoms with Crippen molar-refractivity contribution in [1.29, 1.82) is 0 Å². The lowest BCUT2D eigenvalue weighted by molar-refractivity contribution is -0.274. The molecule has 0 unspecified atom stereocenters. The van der Waals surface area contributed by atoms with Gasteiger partial charge in [-0.15, -0.1) is 23.4 Å². The van der Waals surface area contributed by atoms with Crippen LogP contribution in [0.25, 0.3) is 23.2 Å². The number of hydrogen-bond acceptors (Lipinski definition) is 6. The summed E-state index contributed by atoms with van der Waals surface area (Å²) in [5, 5.41) is 14.1. The van der Waals surface area contributed by atoms with Crippen molar-refractivity contribution < 1.29 is 17.9 Å². The zero-order chi connectivity index (χ0) is 28.1. The van der Waals surface area contributed by atoms with Crippen LogP contribution < -0.4 is 9.64 Å². The highest BCUT2D eigenvalue weighted by atomic mass is 32.2. The van der Waals surface area contributed by atoms with Crippen LogP contribution in [0.3, 0.4) is 0 Å². The number of allylic oxidation sites excluding steroid dienone is 1. The van der Waals surface area contributed by atoms with Gasteiger partial charge in [-0.2, -0.15) is 5.10 Å². The summed E-state index contributed by atoms with van der Waals surface area (Å²) in [5.74, 6) is 1.12. The molecule has 1 saturated heterocycles. The number of halogens is 3. The van der Waals surface area contributed by atoms with Crippen LogP contribution in [0, 0.1) is 0 Å². The molecule has 11 heteroatoms. The maximum absolute atomic E-state index is 12.4. The minimum atomic E-state index is -4.74. The Kier molecular flexibility index (Phi) is 8.01. The molecular formula is C29H25F3N6OS. The summed E-state index contributed by atoms with van der Waals surface area (Å²) >= 11 is 1.68. The maximum Gasteiger partial charge on any atom is 0.573 e. The average Bonchev–Trinajstić information content (AvgIpc) is 3.59. The van der Waals surface area contributed by atoms with E-state index in [1.54, 1.807) is 18.0 Å². The van der Waals surface area contributed by atoms with Gasteiger partial charge in [0.1, 0.15) is 12.1 Å². The maximum atomic E-state index is 12.4. The average molecular weight is 563 g/mol. The van der Waals surface area contributed by atoms with Crippen molar-refractivity contribution in [3.05, 3.63) is 95.8 Å². The van der Waals surface area contributed by atoms with E-state index in [2.05, 4.69) is 62.0 Å². The third-order valence-corrected chi connectivity index (χ3v) is 6.74. The minimum Gasteiger partial charge on any atom is -0.406 e. The van der Waals surface area contributed by atoms with E-state index in [9.17, 15) is 13.2 Å². The first kappa shape index (κ1) is 27.2. The number of rotatable bonds is 7. The van der Waals surface area contributed by atoms with Crippen molar-refractivity contribution in [2.75, 3.05) is 17.2 Å². The highest BCUT2D eigenvalue weighted by Gasteiger charge is 2.31. The molecule has 1 aliphatic rings.